The first-order valence-electron chi connectivity index (χ1n) is 7.73. The zero-order valence-electron chi connectivity index (χ0n) is 13.0. The van der Waals surface area contributed by atoms with Gasteiger partial charge in [0.1, 0.15) is 0 Å². The van der Waals surface area contributed by atoms with Crippen molar-refractivity contribution < 1.29 is 19.0 Å². The van der Waals surface area contributed by atoms with Crippen LogP contribution >= 0.6 is 0 Å². The summed E-state index contributed by atoms with van der Waals surface area (Å²) in [5.74, 6) is -0.129. The third-order valence-corrected chi connectivity index (χ3v) is 4.19. The molecule has 0 aliphatic carbocycles. The monoisotopic (exact) mass is 306 g/mol. The lowest BCUT2D eigenvalue weighted by molar-refractivity contribution is -0.147. The van der Waals surface area contributed by atoms with E-state index in [2.05, 4.69) is 9.88 Å². The first-order valence-corrected chi connectivity index (χ1v) is 7.73. The standard InChI is InChI=1S/C16H22N2O4/c1-3-20-15(19)13-10-18(2)9-12(13)11-4-5-14(17-8-11)16-21-6-7-22-16/h4-5,8,12-13,16H,3,6-7,9-10H2,1-2H3. The lowest BCUT2D eigenvalue weighted by Gasteiger charge is -2.18. The number of rotatable bonds is 4. The Hall–Kier alpha value is -1.50. The van der Waals surface area contributed by atoms with Crippen molar-refractivity contribution in [1.29, 1.82) is 0 Å². The highest BCUT2D eigenvalue weighted by Gasteiger charge is 2.38. The van der Waals surface area contributed by atoms with E-state index >= 15 is 0 Å². The summed E-state index contributed by atoms with van der Waals surface area (Å²) in [5.41, 5.74) is 1.84. The highest BCUT2D eigenvalue weighted by atomic mass is 16.7. The summed E-state index contributed by atoms with van der Waals surface area (Å²) >= 11 is 0. The normalized spacial score (nSPS) is 26.5. The van der Waals surface area contributed by atoms with Crippen LogP contribution in [-0.2, 0) is 19.0 Å². The van der Waals surface area contributed by atoms with Gasteiger partial charge in [-0.1, -0.05) is 6.07 Å². The van der Waals surface area contributed by atoms with Crippen molar-refractivity contribution in [3.63, 3.8) is 0 Å². The first kappa shape index (κ1) is 15.4. The van der Waals surface area contributed by atoms with Crippen LogP contribution in [0.2, 0.25) is 0 Å². The number of carbonyl (C=O) groups excluding carboxylic acids is 1. The van der Waals surface area contributed by atoms with E-state index in [0.717, 1.165) is 24.3 Å². The average molecular weight is 306 g/mol. The smallest absolute Gasteiger partial charge is 0.310 e. The van der Waals surface area contributed by atoms with Gasteiger partial charge < -0.3 is 19.1 Å². The molecule has 2 aliphatic rings. The van der Waals surface area contributed by atoms with Crippen molar-refractivity contribution in [2.24, 2.45) is 5.92 Å². The van der Waals surface area contributed by atoms with E-state index in [1.54, 1.807) is 0 Å². The van der Waals surface area contributed by atoms with Crippen LogP contribution in [0.5, 0.6) is 0 Å². The maximum Gasteiger partial charge on any atom is 0.310 e. The first-order chi connectivity index (χ1) is 10.7. The largest absolute Gasteiger partial charge is 0.466 e. The Morgan fingerprint density at radius 2 is 2.14 bits per heavy atom. The number of esters is 1. The van der Waals surface area contributed by atoms with Crippen molar-refractivity contribution in [1.82, 2.24) is 9.88 Å². The van der Waals surface area contributed by atoms with Crippen molar-refractivity contribution in [2.75, 3.05) is 40.0 Å². The quantitative estimate of drug-likeness (QED) is 0.782. The Bertz CT molecular complexity index is 513. The Morgan fingerprint density at radius 3 is 2.77 bits per heavy atom. The van der Waals surface area contributed by atoms with Gasteiger partial charge in [0.2, 0.25) is 6.29 Å². The molecule has 0 radical (unpaired) electrons. The summed E-state index contributed by atoms with van der Waals surface area (Å²) in [6.07, 6.45) is 1.47. The maximum absolute atomic E-state index is 12.1. The molecule has 0 N–H and O–H groups in total. The molecule has 1 aromatic heterocycles. The number of aromatic nitrogens is 1. The van der Waals surface area contributed by atoms with E-state index < -0.39 is 0 Å². The van der Waals surface area contributed by atoms with E-state index in [4.69, 9.17) is 14.2 Å². The number of likely N-dealkylation sites (N-methyl/N-ethyl adjacent to an activating group) is 1. The molecule has 1 aromatic rings. The van der Waals surface area contributed by atoms with Crippen molar-refractivity contribution in [3.05, 3.63) is 29.6 Å². The van der Waals surface area contributed by atoms with Crippen LogP contribution in [0.3, 0.4) is 0 Å². The topological polar surface area (TPSA) is 60.9 Å². The predicted molar refractivity (Wildman–Crippen MR) is 79.2 cm³/mol. The molecular weight excluding hydrogens is 284 g/mol. The molecule has 6 heteroatoms. The average Bonchev–Trinajstić information content (AvgIpc) is 3.17. The predicted octanol–water partition coefficient (Wildman–Crippen LogP) is 1.34. The summed E-state index contributed by atoms with van der Waals surface area (Å²) in [6, 6.07) is 3.94. The van der Waals surface area contributed by atoms with Crippen LogP contribution in [-0.4, -0.2) is 55.8 Å². The number of hydrogen-bond donors (Lipinski definition) is 0. The Balaban J connectivity index is 1.75. The van der Waals surface area contributed by atoms with Crippen LogP contribution in [0, 0.1) is 5.92 Å². The highest BCUT2D eigenvalue weighted by molar-refractivity contribution is 5.74. The van der Waals surface area contributed by atoms with Gasteiger partial charge in [0, 0.05) is 25.2 Å². The lowest BCUT2D eigenvalue weighted by Crippen LogP contribution is -2.24. The fourth-order valence-electron chi connectivity index (χ4n) is 3.13. The second kappa shape index (κ2) is 6.73. The molecule has 2 atom stereocenters. The molecular formula is C16H22N2O4. The maximum atomic E-state index is 12.1. The van der Waals surface area contributed by atoms with Crippen LogP contribution in [0.15, 0.2) is 18.3 Å². The minimum Gasteiger partial charge on any atom is -0.466 e. The van der Waals surface area contributed by atoms with Gasteiger partial charge in [0.15, 0.2) is 0 Å². The molecule has 3 rings (SSSR count). The minimum absolute atomic E-state index is 0.121. The second-order valence-electron chi connectivity index (χ2n) is 5.78. The number of pyridine rings is 1. The van der Waals surface area contributed by atoms with Crippen molar-refractivity contribution >= 4 is 5.97 Å². The van der Waals surface area contributed by atoms with Gasteiger partial charge in [-0.15, -0.1) is 0 Å². The zero-order valence-corrected chi connectivity index (χ0v) is 13.0. The molecule has 0 saturated carbocycles. The molecule has 2 aliphatic heterocycles. The van der Waals surface area contributed by atoms with Crippen molar-refractivity contribution in [3.8, 4) is 0 Å². The lowest BCUT2D eigenvalue weighted by atomic mass is 9.90. The van der Waals surface area contributed by atoms with Crippen LogP contribution < -0.4 is 0 Å². The third kappa shape index (κ3) is 3.14. The van der Waals surface area contributed by atoms with Gasteiger partial charge in [-0.2, -0.15) is 0 Å². The van der Waals surface area contributed by atoms with E-state index in [0.29, 0.717) is 19.8 Å². The summed E-state index contributed by atoms with van der Waals surface area (Å²) < 4.78 is 16.1. The summed E-state index contributed by atoms with van der Waals surface area (Å²) in [7, 11) is 2.02. The van der Waals surface area contributed by atoms with Gasteiger partial charge in [-0.25, -0.2) is 0 Å². The molecule has 2 unspecified atom stereocenters. The SMILES string of the molecule is CCOC(=O)C1CN(C)CC1c1ccc(C2OCCO2)nc1. The molecule has 0 spiro atoms. The Labute approximate surface area is 130 Å². The summed E-state index contributed by atoms with van der Waals surface area (Å²) in [4.78, 5) is 18.7. The van der Waals surface area contributed by atoms with Gasteiger partial charge in [-0.05, 0) is 25.6 Å². The fourth-order valence-corrected chi connectivity index (χ4v) is 3.13. The summed E-state index contributed by atoms with van der Waals surface area (Å²) in [6.45, 7) is 5.02. The molecule has 0 amide bonds. The van der Waals surface area contributed by atoms with E-state index in [1.807, 2.05) is 32.3 Å². The molecule has 0 bridgehead atoms. The molecule has 22 heavy (non-hydrogen) atoms. The zero-order chi connectivity index (χ0) is 15.5. The number of carbonyl (C=O) groups is 1. The number of nitrogens with zero attached hydrogens (tertiary/aromatic N) is 2. The molecule has 0 aromatic carbocycles. The Kier molecular flexibility index (Phi) is 4.71. The highest BCUT2D eigenvalue weighted by Crippen LogP contribution is 2.33. The fraction of sp³-hybridized carbons (Fsp3) is 0.625. The van der Waals surface area contributed by atoms with E-state index in [-0.39, 0.29) is 24.1 Å². The minimum atomic E-state index is -0.360. The molecule has 2 fully saturated rings. The van der Waals surface area contributed by atoms with Crippen LogP contribution in [0.4, 0.5) is 0 Å². The van der Waals surface area contributed by atoms with Gasteiger partial charge in [-0.3, -0.25) is 9.78 Å². The van der Waals surface area contributed by atoms with Crippen molar-refractivity contribution in [2.45, 2.75) is 19.1 Å². The van der Waals surface area contributed by atoms with E-state index in [9.17, 15) is 4.79 Å². The number of likely N-dealkylation sites (tertiary alicyclic amines) is 1. The van der Waals surface area contributed by atoms with Gasteiger partial charge >= 0.3 is 5.97 Å². The number of ether oxygens (including phenoxy) is 3. The van der Waals surface area contributed by atoms with Crippen LogP contribution in [0.25, 0.3) is 0 Å². The van der Waals surface area contributed by atoms with E-state index in [1.165, 1.54) is 0 Å². The summed E-state index contributed by atoms with van der Waals surface area (Å²) in [5, 5.41) is 0. The third-order valence-electron chi connectivity index (χ3n) is 4.19. The van der Waals surface area contributed by atoms with Crippen LogP contribution in [0.1, 0.15) is 30.4 Å². The second-order valence-corrected chi connectivity index (χ2v) is 5.78. The Morgan fingerprint density at radius 1 is 1.36 bits per heavy atom. The molecule has 6 nitrogen and oxygen atoms in total. The van der Waals surface area contributed by atoms with Gasteiger partial charge in [0.05, 0.1) is 31.4 Å². The van der Waals surface area contributed by atoms with Gasteiger partial charge in [0.25, 0.3) is 0 Å². The molecule has 120 valence electrons. The molecule has 2 saturated heterocycles. The molecule has 3 heterocycles. The number of hydrogen-bond acceptors (Lipinski definition) is 6.